The van der Waals surface area contributed by atoms with Crippen molar-refractivity contribution < 1.29 is 4.74 Å². The number of thioether (sulfide) groups is 1. The molecule has 0 radical (unpaired) electrons. The number of nitrogens with one attached hydrogen (secondary N) is 1. The van der Waals surface area contributed by atoms with E-state index in [-0.39, 0.29) is 0 Å². The number of amidine groups is 1. The van der Waals surface area contributed by atoms with Crippen LogP contribution in [0.3, 0.4) is 0 Å². The maximum absolute atomic E-state index is 5.43. The quantitative estimate of drug-likeness (QED) is 0.785. The molecule has 2 heterocycles. The first-order valence-corrected chi connectivity index (χ1v) is 7.72. The molecular formula is C13H24N2OS. The minimum atomic E-state index is 0.291. The second kappa shape index (κ2) is 6.10. The van der Waals surface area contributed by atoms with Crippen LogP contribution in [0.1, 0.15) is 39.5 Å². The zero-order chi connectivity index (χ0) is 12.1. The van der Waals surface area contributed by atoms with E-state index >= 15 is 0 Å². The zero-order valence-corrected chi connectivity index (χ0v) is 11.8. The van der Waals surface area contributed by atoms with Crippen LogP contribution in [0, 0.1) is 5.92 Å². The SMILES string of the molecule is CC(C)CCCN=C1NC2(CCOCC2)CS1. The average Bonchev–Trinajstić information content (AvgIpc) is 2.69. The van der Waals surface area contributed by atoms with Crippen LogP contribution in [0.2, 0.25) is 0 Å². The van der Waals surface area contributed by atoms with Crippen LogP contribution in [0.5, 0.6) is 0 Å². The van der Waals surface area contributed by atoms with Crippen molar-refractivity contribution in [1.29, 1.82) is 0 Å². The Bertz CT molecular complexity index is 273. The van der Waals surface area contributed by atoms with Gasteiger partial charge in [-0.3, -0.25) is 4.99 Å². The number of rotatable bonds is 4. The van der Waals surface area contributed by atoms with Crippen molar-refractivity contribution in [3.63, 3.8) is 0 Å². The fourth-order valence-corrected chi connectivity index (χ4v) is 3.55. The molecule has 0 amide bonds. The molecule has 0 bridgehead atoms. The molecule has 2 saturated heterocycles. The molecule has 0 aromatic heterocycles. The average molecular weight is 256 g/mol. The smallest absolute Gasteiger partial charge is 0.157 e. The first-order chi connectivity index (χ1) is 8.20. The summed E-state index contributed by atoms with van der Waals surface area (Å²) in [6.07, 6.45) is 4.75. The second-order valence-corrected chi connectivity index (χ2v) is 6.49. The van der Waals surface area contributed by atoms with E-state index in [0.717, 1.165) is 43.7 Å². The van der Waals surface area contributed by atoms with Gasteiger partial charge in [0.05, 0.1) is 5.54 Å². The molecule has 1 spiro atoms. The molecule has 2 aliphatic heterocycles. The number of hydrogen-bond donors (Lipinski definition) is 1. The van der Waals surface area contributed by atoms with Gasteiger partial charge in [-0.1, -0.05) is 25.6 Å². The van der Waals surface area contributed by atoms with Crippen LogP contribution in [-0.2, 0) is 4.74 Å². The molecule has 17 heavy (non-hydrogen) atoms. The second-order valence-electron chi connectivity index (χ2n) is 5.53. The number of hydrogen-bond acceptors (Lipinski definition) is 3. The molecule has 0 unspecified atom stereocenters. The van der Waals surface area contributed by atoms with Crippen LogP contribution in [0.15, 0.2) is 4.99 Å². The largest absolute Gasteiger partial charge is 0.381 e. The lowest BCUT2D eigenvalue weighted by molar-refractivity contribution is 0.0555. The molecule has 1 N–H and O–H groups in total. The summed E-state index contributed by atoms with van der Waals surface area (Å²) in [6, 6.07) is 0. The summed E-state index contributed by atoms with van der Waals surface area (Å²) in [6.45, 7) is 7.31. The summed E-state index contributed by atoms with van der Waals surface area (Å²) in [5.41, 5.74) is 0.291. The zero-order valence-electron chi connectivity index (χ0n) is 11.0. The highest BCUT2D eigenvalue weighted by Crippen LogP contribution is 2.31. The van der Waals surface area contributed by atoms with Gasteiger partial charge < -0.3 is 10.1 Å². The van der Waals surface area contributed by atoms with Crippen molar-refractivity contribution in [3.05, 3.63) is 0 Å². The van der Waals surface area contributed by atoms with E-state index in [1.165, 1.54) is 18.6 Å². The van der Waals surface area contributed by atoms with Crippen molar-refractivity contribution in [2.45, 2.75) is 45.1 Å². The molecule has 0 atom stereocenters. The Morgan fingerprint density at radius 1 is 1.41 bits per heavy atom. The lowest BCUT2D eigenvalue weighted by Crippen LogP contribution is -2.48. The summed E-state index contributed by atoms with van der Waals surface area (Å²) in [5.74, 6) is 1.96. The predicted octanol–water partition coefficient (Wildman–Crippen LogP) is 2.66. The summed E-state index contributed by atoms with van der Waals surface area (Å²) in [4.78, 5) is 4.67. The van der Waals surface area contributed by atoms with Gasteiger partial charge in [0, 0.05) is 25.5 Å². The Labute approximate surface area is 109 Å². The van der Waals surface area contributed by atoms with E-state index in [1.807, 2.05) is 11.8 Å². The van der Waals surface area contributed by atoms with Crippen LogP contribution in [-0.4, -0.2) is 36.2 Å². The lowest BCUT2D eigenvalue weighted by atomic mass is 9.93. The van der Waals surface area contributed by atoms with Gasteiger partial charge in [-0.2, -0.15) is 0 Å². The number of ether oxygens (including phenoxy) is 1. The van der Waals surface area contributed by atoms with Gasteiger partial charge in [0.15, 0.2) is 5.17 Å². The molecule has 0 aromatic rings. The Balaban J connectivity index is 1.74. The van der Waals surface area contributed by atoms with Gasteiger partial charge in [0.1, 0.15) is 0 Å². The van der Waals surface area contributed by atoms with Crippen LogP contribution >= 0.6 is 11.8 Å². The minimum absolute atomic E-state index is 0.291. The van der Waals surface area contributed by atoms with Crippen molar-refractivity contribution in [2.75, 3.05) is 25.5 Å². The normalized spacial score (nSPS) is 25.7. The van der Waals surface area contributed by atoms with Crippen molar-refractivity contribution in [2.24, 2.45) is 10.9 Å². The van der Waals surface area contributed by atoms with Gasteiger partial charge in [0.25, 0.3) is 0 Å². The number of aliphatic imine (C=N–C) groups is 1. The minimum Gasteiger partial charge on any atom is -0.381 e. The molecular weight excluding hydrogens is 232 g/mol. The highest BCUT2D eigenvalue weighted by Gasteiger charge is 2.38. The Hall–Kier alpha value is -0.220. The molecule has 2 aliphatic rings. The number of nitrogens with zero attached hydrogens (tertiary/aromatic N) is 1. The summed E-state index contributed by atoms with van der Waals surface area (Å²) in [5, 5.41) is 4.79. The Kier molecular flexibility index (Phi) is 4.74. The summed E-state index contributed by atoms with van der Waals surface area (Å²) >= 11 is 1.89. The summed E-state index contributed by atoms with van der Waals surface area (Å²) < 4.78 is 5.43. The topological polar surface area (TPSA) is 33.6 Å². The first kappa shape index (κ1) is 13.2. The van der Waals surface area contributed by atoms with E-state index < -0.39 is 0 Å². The Morgan fingerprint density at radius 2 is 2.18 bits per heavy atom. The third-order valence-corrected chi connectivity index (χ3v) is 4.70. The Morgan fingerprint density at radius 3 is 2.88 bits per heavy atom. The monoisotopic (exact) mass is 256 g/mol. The van der Waals surface area contributed by atoms with Crippen molar-refractivity contribution in [1.82, 2.24) is 5.32 Å². The van der Waals surface area contributed by atoms with Gasteiger partial charge in [-0.25, -0.2) is 0 Å². The predicted molar refractivity (Wildman–Crippen MR) is 74.8 cm³/mol. The highest BCUT2D eigenvalue weighted by molar-refractivity contribution is 8.14. The third kappa shape index (κ3) is 3.88. The molecule has 0 saturated carbocycles. The maximum atomic E-state index is 5.43. The van der Waals surface area contributed by atoms with Gasteiger partial charge >= 0.3 is 0 Å². The highest BCUT2D eigenvalue weighted by atomic mass is 32.2. The molecule has 98 valence electrons. The van der Waals surface area contributed by atoms with E-state index in [1.54, 1.807) is 0 Å². The first-order valence-electron chi connectivity index (χ1n) is 6.73. The van der Waals surface area contributed by atoms with E-state index in [0.29, 0.717) is 5.54 Å². The molecule has 2 rings (SSSR count). The van der Waals surface area contributed by atoms with Crippen LogP contribution in [0.25, 0.3) is 0 Å². The van der Waals surface area contributed by atoms with E-state index in [9.17, 15) is 0 Å². The van der Waals surface area contributed by atoms with Gasteiger partial charge in [-0.05, 0) is 31.6 Å². The molecule has 0 aliphatic carbocycles. The third-order valence-electron chi connectivity index (χ3n) is 3.50. The van der Waals surface area contributed by atoms with Crippen LogP contribution in [0.4, 0.5) is 0 Å². The fraction of sp³-hybridized carbons (Fsp3) is 0.923. The standard InChI is InChI=1S/C13H24N2OS/c1-11(2)4-3-7-14-12-15-13(10-17-12)5-8-16-9-6-13/h11H,3-10H2,1-2H3,(H,14,15). The van der Waals surface area contributed by atoms with Crippen molar-refractivity contribution >= 4 is 16.9 Å². The summed E-state index contributed by atoms with van der Waals surface area (Å²) in [7, 11) is 0. The molecule has 4 heteroatoms. The van der Waals surface area contributed by atoms with Gasteiger partial charge in [-0.15, -0.1) is 0 Å². The maximum Gasteiger partial charge on any atom is 0.157 e. The fourth-order valence-electron chi connectivity index (χ4n) is 2.30. The van der Waals surface area contributed by atoms with Gasteiger partial charge in [0.2, 0.25) is 0 Å². The molecule has 2 fully saturated rings. The molecule has 3 nitrogen and oxygen atoms in total. The molecule has 0 aromatic carbocycles. The van der Waals surface area contributed by atoms with Crippen LogP contribution < -0.4 is 5.32 Å². The van der Waals surface area contributed by atoms with E-state index in [4.69, 9.17) is 4.74 Å². The van der Waals surface area contributed by atoms with Crippen molar-refractivity contribution in [3.8, 4) is 0 Å². The lowest BCUT2D eigenvalue weighted by Gasteiger charge is -2.32. The van der Waals surface area contributed by atoms with E-state index in [2.05, 4.69) is 24.2 Å².